The Hall–Kier alpha value is -2.34. The zero-order valence-electron chi connectivity index (χ0n) is 39.2. The van der Waals surface area contributed by atoms with E-state index in [2.05, 4.69) is 36.6 Å². The van der Waals surface area contributed by atoms with E-state index in [0.29, 0.717) is 25.7 Å². The molecule has 0 aromatic rings. The van der Waals surface area contributed by atoms with Crippen LogP contribution in [0.4, 0.5) is 0 Å². The van der Waals surface area contributed by atoms with E-state index in [1.54, 1.807) is 0 Å². The fourth-order valence-corrected chi connectivity index (χ4v) is 8.39. The third kappa shape index (κ3) is 31.7. The number of carbonyl (C=O) groups is 2. The van der Waals surface area contributed by atoms with Crippen LogP contribution in [0, 0.1) is 0 Å². The molecule has 8 N–H and O–H groups in total. The molecule has 382 valence electrons. The number of carbonyl (C=O) groups excluding carboxylic acids is 2. The van der Waals surface area contributed by atoms with Crippen LogP contribution in [0.3, 0.4) is 0 Å². The van der Waals surface area contributed by atoms with Crippen LogP contribution in [-0.4, -0.2) is 114 Å². The number of aliphatic hydroxyl groups is 5. The summed E-state index contributed by atoms with van der Waals surface area (Å²) in [5.41, 5.74) is 0. The zero-order valence-corrected chi connectivity index (χ0v) is 41.0. The average Bonchev–Trinajstić information content (AvgIpc) is 3.27. The standard InChI is InChI=1S/C47H82O17P2/c1-3-5-7-8-9-10-11-12-13-14-19-22-25-28-31-35-41(50)62-39(37-61-66(58,59)64-47-44(53)42(51)43(52)46(45(47)54)63-65(55,56)57)36-60-40(49)34-30-27-24-21-18-16-15-17-20-23-26-29-33-38(48)32-6-4-2/h12-13,15-16,20-21,23-24,29,33,38-39,42-48,51-54H,3-11,14,17-19,22,25-28,30-32,34-37H2,1-2H3,(H,58,59)(H2,55,56,57)/b13-12-,16-15-,23-20-,24-21-,33-29-/t38-,39+,42?,43?,44?,45?,46+,47-/m0/s1. The molecule has 0 radical (unpaired) electrons. The second-order valence-corrected chi connectivity index (χ2v) is 19.2. The zero-order chi connectivity index (χ0) is 49.1. The fraction of sp³-hybridized carbons (Fsp3) is 0.745. The van der Waals surface area contributed by atoms with Crippen LogP contribution in [0.15, 0.2) is 60.8 Å². The normalized spacial score (nSPS) is 22.5. The molecule has 0 aliphatic heterocycles. The highest BCUT2D eigenvalue weighted by Crippen LogP contribution is 2.49. The van der Waals surface area contributed by atoms with Crippen molar-refractivity contribution in [3.8, 4) is 0 Å². The summed E-state index contributed by atoms with van der Waals surface area (Å²) in [5.74, 6) is -1.31. The van der Waals surface area contributed by atoms with E-state index < -0.39 is 83.5 Å². The molecule has 1 aliphatic carbocycles. The van der Waals surface area contributed by atoms with Crippen molar-refractivity contribution in [1.29, 1.82) is 0 Å². The van der Waals surface area contributed by atoms with E-state index in [1.165, 1.54) is 38.5 Å². The highest BCUT2D eigenvalue weighted by Gasteiger charge is 2.54. The molecule has 9 atom stereocenters. The number of phosphoric acid groups is 2. The molecular weight excluding hydrogens is 898 g/mol. The summed E-state index contributed by atoms with van der Waals surface area (Å²) in [6.45, 7) is 2.89. The number of allylic oxidation sites excluding steroid dienone is 9. The van der Waals surface area contributed by atoms with Crippen LogP contribution in [0.2, 0.25) is 0 Å². The monoisotopic (exact) mass is 981 g/mol. The Kier molecular flexibility index (Phi) is 35.1. The van der Waals surface area contributed by atoms with Crippen LogP contribution < -0.4 is 0 Å². The van der Waals surface area contributed by atoms with Gasteiger partial charge in [0.15, 0.2) is 6.10 Å². The van der Waals surface area contributed by atoms with E-state index >= 15 is 0 Å². The van der Waals surface area contributed by atoms with Crippen molar-refractivity contribution >= 4 is 27.6 Å². The van der Waals surface area contributed by atoms with E-state index in [9.17, 15) is 58.9 Å². The molecule has 17 nitrogen and oxygen atoms in total. The van der Waals surface area contributed by atoms with Gasteiger partial charge >= 0.3 is 27.6 Å². The Morgan fingerprint density at radius 3 is 1.62 bits per heavy atom. The van der Waals surface area contributed by atoms with Gasteiger partial charge in [-0.25, -0.2) is 9.13 Å². The second kappa shape index (κ2) is 37.5. The van der Waals surface area contributed by atoms with Crippen molar-refractivity contribution in [3.05, 3.63) is 60.8 Å². The van der Waals surface area contributed by atoms with Gasteiger partial charge in [-0.1, -0.05) is 139 Å². The Bertz CT molecular complexity index is 1530. The van der Waals surface area contributed by atoms with Gasteiger partial charge in [-0.05, 0) is 70.6 Å². The molecule has 0 aromatic heterocycles. The molecule has 0 spiro atoms. The largest absolute Gasteiger partial charge is 0.472 e. The highest BCUT2D eigenvalue weighted by atomic mass is 31.2. The molecule has 1 aliphatic rings. The topological polar surface area (TPSA) is 276 Å². The summed E-state index contributed by atoms with van der Waals surface area (Å²) in [6.07, 6.45) is 25.2. The molecule has 0 heterocycles. The minimum atomic E-state index is -5.38. The summed E-state index contributed by atoms with van der Waals surface area (Å²) in [4.78, 5) is 54.2. The quantitative estimate of drug-likeness (QED) is 0.0125. The van der Waals surface area contributed by atoms with Crippen molar-refractivity contribution in [2.24, 2.45) is 0 Å². The fourth-order valence-electron chi connectivity index (χ4n) is 6.85. The summed E-state index contributed by atoms with van der Waals surface area (Å²) in [7, 11) is -10.7. The Balaban J connectivity index is 2.65. The lowest BCUT2D eigenvalue weighted by Gasteiger charge is -2.43. The lowest BCUT2D eigenvalue weighted by Crippen LogP contribution is -2.64. The lowest BCUT2D eigenvalue weighted by atomic mass is 9.85. The molecule has 5 unspecified atom stereocenters. The van der Waals surface area contributed by atoms with Gasteiger partial charge in [0, 0.05) is 12.8 Å². The van der Waals surface area contributed by atoms with Crippen molar-refractivity contribution < 1.29 is 82.0 Å². The highest BCUT2D eigenvalue weighted by molar-refractivity contribution is 7.47. The van der Waals surface area contributed by atoms with E-state index in [0.717, 1.165) is 70.6 Å². The number of unbranched alkanes of at least 4 members (excludes halogenated alkanes) is 13. The van der Waals surface area contributed by atoms with Gasteiger partial charge in [-0.3, -0.25) is 23.2 Å². The van der Waals surface area contributed by atoms with Gasteiger partial charge in [-0.2, -0.15) is 0 Å². The molecule has 1 rings (SSSR count). The number of phosphoric ester groups is 2. The molecule has 1 saturated carbocycles. The first kappa shape index (κ1) is 61.7. The van der Waals surface area contributed by atoms with Gasteiger partial charge in [0.05, 0.1) is 12.7 Å². The van der Waals surface area contributed by atoms with Gasteiger partial charge in [0.2, 0.25) is 0 Å². The smallest absolute Gasteiger partial charge is 0.462 e. The predicted octanol–water partition coefficient (Wildman–Crippen LogP) is 8.03. The van der Waals surface area contributed by atoms with Crippen LogP contribution in [-0.2, 0) is 41.8 Å². The average molecular weight is 981 g/mol. The number of hydrogen-bond acceptors (Lipinski definition) is 14. The molecule has 19 heteroatoms. The number of esters is 2. The van der Waals surface area contributed by atoms with Crippen LogP contribution in [0.25, 0.3) is 0 Å². The number of ether oxygens (including phenoxy) is 2. The second-order valence-electron chi connectivity index (χ2n) is 16.6. The van der Waals surface area contributed by atoms with Crippen LogP contribution in [0.1, 0.15) is 162 Å². The lowest BCUT2D eigenvalue weighted by molar-refractivity contribution is -0.216. The third-order valence-electron chi connectivity index (χ3n) is 10.6. The summed E-state index contributed by atoms with van der Waals surface area (Å²) in [6, 6.07) is 0. The molecule has 0 bridgehead atoms. The van der Waals surface area contributed by atoms with Gasteiger partial charge in [0.25, 0.3) is 0 Å². The minimum Gasteiger partial charge on any atom is -0.462 e. The Morgan fingerprint density at radius 2 is 1.03 bits per heavy atom. The van der Waals surface area contributed by atoms with Crippen molar-refractivity contribution in [3.63, 3.8) is 0 Å². The van der Waals surface area contributed by atoms with Crippen molar-refractivity contribution in [2.45, 2.75) is 210 Å². The molecule has 1 fully saturated rings. The van der Waals surface area contributed by atoms with Crippen molar-refractivity contribution in [2.75, 3.05) is 13.2 Å². The molecule has 0 aromatic carbocycles. The van der Waals surface area contributed by atoms with E-state index in [-0.39, 0.29) is 18.9 Å². The predicted molar refractivity (Wildman–Crippen MR) is 252 cm³/mol. The number of aliphatic hydroxyl groups excluding tert-OH is 5. The SMILES string of the molecule is CCCCCCCC/C=C\CCCCCCCC(=O)O[C@H](COC(=O)CCC/C=C\C/C=C\C/C=C\C/C=C\[C@@H](O)CCCC)COP(=O)(O)O[C@H]1C(O)C(O)C(O)[C@@H](OP(=O)(O)O)C1O. The molecular formula is C47H82O17P2. The first-order valence-electron chi connectivity index (χ1n) is 23.9. The summed E-state index contributed by atoms with van der Waals surface area (Å²) in [5, 5.41) is 51.1. The number of hydrogen-bond donors (Lipinski definition) is 8. The van der Waals surface area contributed by atoms with Crippen LogP contribution >= 0.6 is 15.6 Å². The first-order chi connectivity index (χ1) is 31.5. The summed E-state index contributed by atoms with van der Waals surface area (Å²) >= 11 is 0. The summed E-state index contributed by atoms with van der Waals surface area (Å²) < 4.78 is 49.3. The maximum absolute atomic E-state index is 13.0. The minimum absolute atomic E-state index is 0.0123. The maximum atomic E-state index is 13.0. The third-order valence-corrected chi connectivity index (χ3v) is 12.1. The first-order valence-corrected chi connectivity index (χ1v) is 27.0. The van der Waals surface area contributed by atoms with Crippen LogP contribution in [0.5, 0.6) is 0 Å². The molecule has 0 saturated heterocycles. The Morgan fingerprint density at radius 1 is 0.545 bits per heavy atom. The van der Waals surface area contributed by atoms with Gasteiger partial charge in [0.1, 0.15) is 43.2 Å². The van der Waals surface area contributed by atoms with Gasteiger partial charge < -0.3 is 49.7 Å². The van der Waals surface area contributed by atoms with Crippen molar-refractivity contribution in [1.82, 2.24) is 0 Å². The molecule has 66 heavy (non-hydrogen) atoms. The number of rotatable bonds is 39. The Labute approximate surface area is 392 Å². The van der Waals surface area contributed by atoms with E-state index in [4.69, 9.17) is 18.5 Å². The molecule has 0 amide bonds. The van der Waals surface area contributed by atoms with Gasteiger partial charge in [-0.15, -0.1) is 0 Å². The van der Waals surface area contributed by atoms with E-state index in [1.807, 2.05) is 42.5 Å². The maximum Gasteiger partial charge on any atom is 0.472 e.